The summed E-state index contributed by atoms with van der Waals surface area (Å²) in [5, 5.41) is 12.3. The Morgan fingerprint density at radius 1 is 1.12 bits per heavy atom. The van der Waals surface area contributed by atoms with E-state index in [-0.39, 0.29) is 17.4 Å². The summed E-state index contributed by atoms with van der Waals surface area (Å²) in [6, 6.07) is 12.5. The lowest BCUT2D eigenvalue weighted by Gasteiger charge is -2.48. The highest BCUT2D eigenvalue weighted by Crippen LogP contribution is 2.54. The Hall–Kier alpha value is -3.28. The number of fused-ring (bicyclic) bond motifs is 1. The number of aromatic nitrogens is 1. The van der Waals surface area contributed by atoms with Crippen LogP contribution >= 0.6 is 0 Å². The Labute approximate surface area is 189 Å². The molecule has 1 aromatic carbocycles. The molecule has 0 amide bonds. The number of nitrogens with zero attached hydrogens (tertiary/aromatic N) is 4. The van der Waals surface area contributed by atoms with Gasteiger partial charge in [0.05, 0.1) is 11.6 Å². The van der Waals surface area contributed by atoms with Gasteiger partial charge in [0, 0.05) is 54.1 Å². The smallest absolute Gasteiger partial charge is 0.164 e. The topological polar surface area (TPSA) is 70.0 Å². The molecule has 0 saturated heterocycles. The van der Waals surface area contributed by atoms with E-state index in [1.807, 2.05) is 18.3 Å². The average Bonchev–Trinajstić information content (AvgIpc) is 3.25. The van der Waals surface area contributed by atoms with Crippen LogP contribution in [0.2, 0.25) is 0 Å². The lowest BCUT2D eigenvalue weighted by molar-refractivity contribution is -0.119. The molecule has 2 aromatic rings. The van der Waals surface area contributed by atoms with Gasteiger partial charge in [-0.3, -0.25) is 9.78 Å². The Bertz CT molecular complexity index is 1160. The van der Waals surface area contributed by atoms with Crippen LogP contribution in [0.15, 0.2) is 82.1 Å². The third kappa shape index (κ3) is 3.08. The van der Waals surface area contributed by atoms with E-state index < -0.39 is 5.41 Å². The van der Waals surface area contributed by atoms with E-state index in [4.69, 9.17) is 0 Å². The fraction of sp³-hybridized carbons (Fsp3) is 0.385. The third-order valence-corrected chi connectivity index (χ3v) is 7.09. The molecule has 32 heavy (non-hydrogen) atoms. The summed E-state index contributed by atoms with van der Waals surface area (Å²) >= 11 is 0. The molecule has 3 aliphatic rings. The normalized spacial score (nSPS) is 25.7. The van der Waals surface area contributed by atoms with Crippen LogP contribution in [-0.4, -0.2) is 24.0 Å². The predicted octanol–water partition coefficient (Wildman–Crippen LogP) is 5.42. The van der Waals surface area contributed by atoms with Crippen molar-refractivity contribution in [2.45, 2.75) is 51.6 Å². The summed E-state index contributed by atoms with van der Waals surface area (Å²) in [6.45, 7) is 6.49. The zero-order valence-corrected chi connectivity index (χ0v) is 19.1. The summed E-state index contributed by atoms with van der Waals surface area (Å²) in [5.74, 6) is 0.227. The van der Waals surface area contributed by atoms with Crippen molar-refractivity contribution in [3.8, 4) is 0 Å². The number of azo groups is 1. The van der Waals surface area contributed by atoms with Gasteiger partial charge in [-0.05, 0) is 48.1 Å². The molecule has 2 aliphatic heterocycles. The molecule has 5 rings (SSSR count). The van der Waals surface area contributed by atoms with Gasteiger partial charge in [-0.2, -0.15) is 10.2 Å². The van der Waals surface area contributed by atoms with Crippen LogP contribution in [0.25, 0.3) is 0 Å². The predicted molar refractivity (Wildman–Crippen MR) is 126 cm³/mol. The maximum Gasteiger partial charge on any atom is 0.164 e. The van der Waals surface area contributed by atoms with Crippen molar-refractivity contribution < 1.29 is 4.79 Å². The molecule has 6 nitrogen and oxygen atoms in total. The van der Waals surface area contributed by atoms with E-state index in [1.165, 1.54) is 0 Å². The van der Waals surface area contributed by atoms with E-state index >= 15 is 0 Å². The molecule has 2 unspecified atom stereocenters. The number of carbonyl (C=O) groups is 1. The molecule has 0 fully saturated rings. The molecule has 3 heterocycles. The number of nitrogens with one attached hydrogen (secondary N) is 1. The van der Waals surface area contributed by atoms with E-state index in [2.05, 4.69) is 77.5 Å². The molecule has 0 saturated carbocycles. The van der Waals surface area contributed by atoms with Gasteiger partial charge >= 0.3 is 0 Å². The van der Waals surface area contributed by atoms with Crippen LogP contribution in [0.1, 0.15) is 45.6 Å². The van der Waals surface area contributed by atoms with Crippen LogP contribution in [0.4, 0.5) is 11.4 Å². The monoisotopic (exact) mass is 427 g/mol. The fourth-order valence-corrected chi connectivity index (χ4v) is 5.59. The van der Waals surface area contributed by atoms with Crippen LogP contribution in [0, 0.1) is 5.41 Å². The van der Waals surface area contributed by atoms with E-state index in [0.29, 0.717) is 6.42 Å². The number of ketones is 1. The number of carbonyl (C=O) groups excluding carboxylic acids is 1. The fourth-order valence-electron chi connectivity index (χ4n) is 5.59. The number of hydrogen-bond donors (Lipinski definition) is 1. The van der Waals surface area contributed by atoms with Gasteiger partial charge in [-0.1, -0.05) is 32.9 Å². The van der Waals surface area contributed by atoms with Crippen molar-refractivity contribution in [2.75, 3.05) is 11.9 Å². The van der Waals surface area contributed by atoms with Crippen molar-refractivity contribution in [3.63, 3.8) is 0 Å². The number of Topliss-reactive ketones (excluding diaryl/α,β-unsaturated/α-hetero) is 1. The summed E-state index contributed by atoms with van der Waals surface area (Å²) in [5.41, 5.74) is 5.64. The van der Waals surface area contributed by atoms with E-state index in [1.54, 1.807) is 12.4 Å². The SMILES string of the molecule is CCC1(c2cccc(N(C)c3ccncc3)c2)C2=CN=NC2NC2=C1C(=O)CC(C)(C)C2. The molecule has 1 N–H and O–H groups in total. The molecule has 164 valence electrons. The first-order chi connectivity index (χ1) is 15.4. The molecule has 1 aromatic heterocycles. The Kier molecular flexibility index (Phi) is 4.77. The van der Waals surface area contributed by atoms with Gasteiger partial charge < -0.3 is 10.2 Å². The molecule has 0 spiro atoms. The van der Waals surface area contributed by atoms with Gasteiger partial charge in [-0.15, -0.1) is 0 Å². The van der Waals surface area contributed by atoms with E-state index in [9.17, 15) is 4.79 Å². The first kappa shape index (κ1) is 20.6. The van der Waals surface area contributed by atoms with Crippen molar-refractivity contribution in [2.24, 2.45) is 15.6 Å². The number of rotatable bonds is 4. The molecular formula is C26H29N5O. The minimum atomic E-state index is -0.530. The lowest BCUT2D eigenvalue weighted by Crippen LogP contribution is -2.51. The van der Waals surface area contributed by atoms with Gasteiger partial charge in [0.1, 0.15) is 0 Å². The zero-order valence-electron chi connectivity index (χ0n) is 19.1. The Morgan fingerprint density at radius 2 is 1.91 bits per heavy atom. The quantitative estimate of drug-likeness (QED) is 0.707. The average molecular weight is 428 g/mol. The third-order valence-electron chi connectivity index (χ3n) is 7.09. The summed E-state index contributed by atoms with van der Waals surface area (Å²) in [6.07, 6.45) is 7.41. The summed E-state index contributed by atoms with van der Waals surface area (Å²) in [7, 11) is 2.05. The van der Waals surface area contributed by atoms with Crippen LogP contribution in [0.3, 0.4) is 0 Å². The number of hydrogen-bond acceptors (Lipinski definition) is 6. The highest BCUT2D eigenvalue weighted by molar-refractivity contribution is 6.01. The van der Waals surface area contributed by atoms with Gasteiger partial charge in [0.25, 0.3) is 0 Å². The zero-order chi connectivity index (χ0) is 22.5. The van der Waals surface area contributed by atoms with Crippen molar-refractivity contribution in [1.29, 1.82) is 0 Å². The lowest BCUT2D eigenvalue weighted by atomic mass is 9.59. The van der Waals surface area contributed by atoms with Crippen molar-refractivity contribution in [1.82, 2.24) is 10.3 Å². The number of benzene rings is 1. The molecule has 0 bridgehead atoms. The second kappa shape index (κ2) is 7.40. The number of allylic oxidation sites excluding steroid dienone is 2. The Balaban J connectivity index is 1.68. The Morgan fingerprint density at radius 3 is 2.66 bits per heavy atom. The highest BCUT2D eigenvalue weighted by atomic mass is 16.1. The molecule has 6 heteroatoms. The largest absolute Gasteiger partial charge is 0.362 e. The first-order valence-electron chi connectivity index (χ1n) is 11.2. The summed E-state index contributed by atoms with van der Waals surface area (Å²) in [4.78, 5) is 19.9. The minimum absolute atomic E-state index is 0.0667. The highest BCUT2D eigenvalue weighted by Gasteiger charge is 2.53. The summed E-state index contributed by atoms with van der Waals surface area (Å²) < 4.78 is 0. The molecule has 1 aliphatic carbocycles. The van der Waals surface area contributed by atoms with Crippen LogP contribution in [-0.2, 0) is 10.2 Å². The second-order valence-electron chi connectivity index (χ2n) is 9.73. The van der Waals surface area contributed by atoms with Crippen molar-refractivity contribution >= 4 is 17.2 Å². The maximum absolute atomic E-state index is 13.6. The molecular weight excluding hydrogens is 398 g/mol. The van der Waals surface area contributed by atoms with Crippen LogP contribution < -0.4 is 10.2 Å². The number of anilines is 2. The van der Waals surface area contributed by atoms with Gasteiger partial charge in [0.15, 0.2) is 11.9 Å². The van der Waals surface area contributed by atoms with Gasteiger partial charge in [0.2, 0.25) is 0 Å². The number of pyridine rings is 1. The minimum Gasteiger partial charge on any atom is -0.362 e. The van der Waals surface area contributed by atoms with E-state index in [0.717, 1.165) is 46.6 Å². The second-order valence-corrected chi connectivity index (χ2v) is 9.73. The van der Waals surface area contributed by atoms with Gasteiger partial charge in [-0.25, -0.2) is 0 Å². The molecule has 2 atom stereocenters. The molecule has 0 radical (unpaired) electrons. The standard InChI is InChI=1S/C26H29N5O/c1-5-26(17-7-6-8-19(13-17)31(4)18-9-11-27-12-10-18)20-16-28-30-24(20)29-21-14-25(2,3)15-22(32)23(21)26/h6-13,16,24,29H,5,14-15H2,1-4H3. The first-order valence-corrected chi connectivity index (χ1v) is 11.2. The van der Waals surface area contributed by atoms with Crippen LogP contribution in [0.5, 0.6) is 0 Å². The maximum atomic E-state index is 13.6. The van der Waals surface area contributed by atoms with Crippen molar-refractivity contribution in [3.05, 3.63) is 77.4 Å².